The summed E-state index contributed by atoms with van der Waals surface area (Å²) in [6, 6.07) is 0. The average molecular weight is 390 g/mol. The van der Waals surface area contributed by atoms with Crippen LogP contribution < -0.4 is 0 Å². The molecule has 12 heavy (non-hydrogen) atoms. The number of halogens is 2. The average Bonchev–Trinajstić information content (AvgIpc) is 2.16. The number of allylic oxidation sites excluding steroid dienone is 3. The summed E-state index contributed by atoms with van der Waals surface area (Å²) in [5, 5.41) is 0. The van der Waals surface area contributed by atoms with E-state index in [1.807, 2.05) is 0 Å². The van der Waals surface area contributed by atoms with Crippen LogP contribution in [-0.4, -0.2) is 9.98 Å². The molecule has 0 aromatic carbocycles. The molecular weight excluding hydrogens is 382 g/mol. The quantitative estimate of drug-likeness (QED) is 0.694. The molecule has 0 saturated carbocycles. The van der Waals surface area contributed by atoms with Crippen LogP contribution in [0.1, 0.15) is 12.8 Å². The monoisotopic (exact) mass is 390 g/mol. The molecule has 0 bridgehead atoms. The minimum Gasteiger partial charge on any atom is -0.394 e. The lowest BCUT2D eigenvalue weighted by Gasteiger charge is -2.00. The number of hydrogen-bond acceptors (Lipinski definition) is 2. The van der Waals surface area contributed by atoms with Crippen molar-refractivity contribution in [2.75, 3.05) is 0 Å². The first kappa shape index (κ1) is 10.4. The maximum atomic E-state index is 10.8. The smallest absolute Gasteiger partial charge is 0.315 e. The molecule has 0 saturated heterocycles. The maximum Gasteiger partial charge on any atom is 0.315 e. The van der Waals surface area contributed by atoms with Crippen LogP contribution in [0.15, 0.2) is 21.8 Å². The number of rotatable bonds is 3. The van der Waals surface area contributed by atoms with Crippen molar-refractivity contribution < 1.29 is 7.86 Å². The molecule has 0 radical (unpaired) electrons. The van der Waals surface area contributed by atoms with Gasteiger partial charge in [-0.3, -0.25) is 4.79 Å². The first-order valence-electron chi connectivity index (χ1n) is 3.45. The second kappa shape index (κ2) is 5.85. The maximum absolute atomic E-state index is 10.8. The number of carbonyl (C=O) groups excluding carboxylic acids is 1. The van der Waals surface area contributed by atoms with E-state index in [1.54, 1.807) is 23.0 Å². The van der Waals surface area contributed by atoms with Gasteiger partial charge in [-0.2, -0.15) is 0 Å². The van der Waals surface area contributed by atoms with E-state index in [2.05, 4.69) is 23.3 Å². The predicted molar refractivity (Wildman–Crippen MR) is 66.7 cm³/mol. The summed E-state index contributed by atoms with van der Waals surface area (Å²) in [6.45, 7) is 0. The Morgan fingerprint density at radius 3 is 3.08 bits per heavy atom. The Bertz CT molecular complexity index is 254. The molecular formula is C8H8I2O2. The Morgan fingerprint density at radius 1 is 1.67 bits per heavy atom. The minimum atomic E-state index is -0.141. The van der Waals surface area contributed by atoms with Gasteiger partial charge < -0.3 is 3.07 Å². The number of hydrogen-bond donors (Lipinski definition) is 0. The van der Waals surface area contributed by atoms with Gasteiger partial charge in [0.2, 0.25) is 0 Å². The summed E-state index contributed by atoms with van der Waals surface area (Å²) in [5.74, 6) is -0.141. The van der Waals surface area contributed by atoms with E-state index in [0.29, 0.717) is 6.42 Å². The van der Waals surface area contributed by atoms with Crippen LogP contribution in [0.2, 0.25) is 0 Å². The Hall–Kier alpha value is 0.280. The topological polar surface area (TPSA) is 26.3 Å². The zero-order valence-corrected chi connectivity index (χ0v) is 10.6. The predicted octanol–water partition coefficient (Wildman–Crippen LogP) is 2.89. The third-order valence-electron chi connectivity index (χ3n) is 1.36. The van der Waals surface area contributed by atoms with Crippen LogP contribution in [0, 0.1) is 0 Å². The molecule has 2 nitrogen and oxygen atoms in total. The van der Waals surface area contributed by atoms with Crippen molar-refractivity contribution in [1.82, 2.24) is 0 Å². The molecule has 1 aliphatic heterocycles. The molecule has 1 rings (SSSR count). The molecule has 0 spiro atoms. The van der Waals surface area contributed by atoms with Crippen molar-refractivity contribution >= 4 is 53.7 Å². The van der Waals surface area contributed by atoms with E-state index in [1.165, 1.54) is 5.57 Å². The first-order valence-corrected chi connectivity index (χ1v) is 6.82. The zero-order valence-electron chi connectivity index (χ0n) is 6.30. The minimum absolute atomic E-state index is 0.110. The van der Waals surface area contributed by atoms with Gasteiger partial charge in [0.15, 0.2) is 23.0 Å². The van der Waals surface area contributed by atoms with Gasteiger partial charge in [-0.1, -0.05) is 32.9 Å². The third kappa shape index (κ3) is 3.79. The molecule has 0 unspecified atom stereocenters. The van der Waals surface area contributed by atoms with Gasteiger partial charge in [-0.25, -0.2) is 0 Å². The van der Waals surface area contributed by atoms with Crippen LogP contribution in [0.4, 0.5) is 0 Å². The van der Waals surface area contributed by atoms with Gasteiger partial charge in [-0.05, 0) is 20.1 Å². The van der Waals surface area contributed by atoms with Crippen molar-refractivity contribution in [3.63, 3.8) is 0 Å². The number of carbonyl (C=O) groups is 1. The Balaban J connectivity index is 2.33. The van der Waals surface area contributed by atoms with Gasteiger partial charge in [-0.15, -0.1) is 0 Å². The molecule has 0 aromatic heterocycles. The van der Waals surface area contributed by atoms with Crippen molar-refractivity contribution in [3.8, 4) is 0 Å². The van der Waals surface area contributed by atoms with Crippen LogP contribution in [0.25, 0.3) is 0 Å². The third-order valence-corrected chi connectivity index (χ3v) is 3.84. The lowest BCUT2D eigenvalue weighted by Crippen LogP contribution is -1.97. The van der Waals surface area contributed by atoms with E-state index in [9.17, 15) is 4.79 Å². The molecule has 0 atom stereocenters. The molecule has 4 heteroatoms. The molecule has 0 fully saturated rings. The highest BCUT2D eigenvalue weighted by molar-refractivity contribution is 14.2. The van der Waals surface area contributed by atoms with Crippen molar-refractivity contribution in [2.24, 2.45) is 0 Å². The first-order chi connectivity index (χ1) is 5.83. The molecule has 0 N–H and O–H groups in total. The van der Waals surface area contributed by atoms with E-state index in [0.717, 1.165) is 6.42 Å². The van der Waals surface area contributed by atoms with Gasteiger partial charge in [0.05, 0.1) is 6.42 Å². The Morgan fingerprint density at radius 2 is 2.50 bits per heavy atom. The second-order valence-corrected chi connectivity index (χ2v) is 4.75. The standard InChI is InChI=1S/C8H8I2O2/c9-12-8(11)4-3-7-2-1-5-10-6-7/h1-2,5-6H,3-4H2. The van der Waals surface area contributed by atoms with Crippen molar-refractivity contribution in [2.45, 2.75) is 12.8 Å². The highest BCUT2D eigenvalue weighted by Gasteiger charge is 2.02. The van der Waals surface area contributed by atoms with Crippen LogP contribution in [-0.2, 0) is 7.86 Å². The van der Waals surface area contributed by atoms with Gasteiger partial charge in [0, 0.05) is 0 Å². The Kier molecular flexibility index (Phi) is 5.05. The van der Waals surface area contributed by atoms with Crippen LogP contribution >= 0.6 is 43.7 Å². The summed E-state index contributed by atoms with van der Waals surface area (Å²) < 4.78 is 8.95. The highest BCUT2D eigenvalue weighted by Crippen LogP contribution is 2.14. The molecule has 0 aromatic rings. The van der Waals surface area contributed by atoms with Crippen LogP contribution in [0.5, 0.6) is 0 Å². The largest absolute Gasteiger partial charge is 0.394 e. The van der Waals surface area contributed by atoms with Gasteiger partial charge >= 0.3 is 5.97 Å². The summed E-state index contributed by atoms with van der Waals surface area (Å²) in [7, 11) is 0. The Labute approximate surface area is 95.5 Å². The van der Waals surface area contributed by atoms with E-state index in [-0.39, 0.29) is 26.7 Å². The fourth-order valence-electron chi connectivity index (χ4n) is 0.778. The summed E-state index contributed by atoms with van der Waals surface area (Å²) in [5.41, 5.74) is 1.27. The van der Waals surface area contributed by atoms with Gasteiger partial charge in [0.1, 0.15) is 0 Å². The highest BCUT2D eigenvalue weighted by atomic mass is 127. The summed E-state index contributed by atoms with van der Waals surface area (Å²) in [6.07, 6.45) is 5.43. The molecule has 66 valence electrons. The normalized spacial score (nSPS) is 14.9. The molecule has 1 heterocycles. The summed E-state index contributed by atoms with van der Waals surface area (Å²) >= 11 is 1.73. The molecule has 0 aliphatic carbocycles. The second-order valence-electron chi connectivity index (χ2n) is 2.24. The van der Waals surface area contributed by atoms with E-state index in [4.69, 9.17) is 0 Å². The zero-order chi connectivity index (χ0) is 8.81. The van der Waals surface area contributed by atoms with Crippen molar-refractivity contribution in [1.29, 1.82) is 0 Å². The summed E-state index contributed by atoms with van der Waals surface area (Å²) in [4.78, 5) is 10.8. The van der Waals surface area contributed by atoms with E-state index < -0.39 is 0 Å². The molecule has 1 aliphatic rings. The lowest BCUT2D eigenvalue weighted by molar-refractivity contribution is -0.131. The van der Waals surface area contributed by atoms with Gasteiger partial charge in [0.25, 0.3) is 0 Å². The van der Waals surface area contributed by atoms with E-state index >= 15 is 0 Å². The fourth-order valence-corrected chi connectivity index (χ4v) is 2.63. The lowest BCUT2D eigenvalue weighted by atomic mass is 10.1. The SMILES string of the molecule is O=C(CCC1=CC=CI=C1)OI. The fraction of sp³-hybridized carbons (Fsp3) is 0.250. The van der Waals surface area contributed by atoms with Crippen molar-refractivity contribution in [3.05, 3.63) is 21.8 Å². The molecule has 0 amide bonds. The van der Waals surface area contributed by atoms with Crippen LogP contribution in [0.3, 0.4) is 0 Å².